The van der Waals surface area contributed by atoms with Crippen molar-refractivity contribution in [2.45, 2.75) is 42.8 Å². The van der Waals surface area contributed by atoms with Gasteiger partial charge in [-0.1, -0.05) is 25.0 Å². The normalized spacial score (nSPS) is 15.2. The molecule has 1 N–H and O–H groups in total. The van der Waals surface area contributed by atoms with Crippen LogP contribution in [0.5, 0.6) is 0 Å². The lowest BCUT2D eigenvalue weighted by Crippen LogP contribution is -2.13. The molecule has 0 bridgehead atoms. The second kappa shape index (κ2) is 6.57. The molecule has 0 aliphatic heterocycles. The van der Waals surface area contributed by atoms with Gasteiger partial charge in [0.1, 0.15) is 0 Å². The van der Waals surface area contributed by atoms with Crippen molar-refractivity contribution < 1.29 is 4.79 Å². The predicted octanol–water partition coefficient (Wildman–Crippen LogP) is 4.02. The molecule has 22 heavy (non-hydrogen) atoms. The Morgan fingerprint density at radius 3 is 2.73 bits per heavy atom. The van der Waals surface area contributed by atoms with Crippen LogP contribution in [0.1, 0.15) is 41.7 Å². The molecule has 116 valence electrons. The monoisotopic (exact) mass is 315 g/mol. The molecule has 1 aromatic carbocycles. The summed E-state index contributed by atoms with van der Waals surface area (Å²) in [5.41, 5.74) is 2.40. The average molecular weight is 315 g/mol. The molecule has 0 spiro atoms. The zero-order valence-electron chi connectivity index (χ0n) is 13.0. The molecule has 1 aliphatic rings. The lowest BCUT2D eigenvalue weighted by Gasteiger charge is -2.14. The van der Waals surface area contributed by atoms with Crippen molar-refractivity contribution in [1.29, 1.82) is 0 Å². The Balaban J connectivity index is 1.77. The Kier molecular flexibility index (Phi) is 4.52. The van der Waals surface area contributed by atoms with Crippen molar-refractivity contribution >= 4 is 23.4 Å². The molecule has 1 fully saturated rings. The van der Waals surface area contributed by atoms with E-state index in [0.717, 1.165) is 16.3 Å². The van der Waals surface area contributed by atoms with Crippen LogP contribution in [0.4, 0.5) is 5.69 Å². The third-order valence-corrected chi connectivity index (χ3v) is 5.63. The maximum atomic E-state index is 12.5. The van der Waals surface area contributed by atoms with Crippen molar-refractivity contribution in [3.05, 3.63) is 41.7 Å². The van der Waals surface area contributed by atoms with Crippen molar-refractivity contribution in [3.8, 4) is 0 Å². The largest absolute Gasteiger partial charge is 0.321 e. The standard InChI is InChI=1S/C17H21N3OS/c1-12-14(11-18-20(12)2)17(21)19-15-9-5-6-10-16(15)22-13-7-3-4-8-13/h5-6,9-11,13H,3-4,7-8H2,1-2H3,(H,19,21). The van der Waals surface area contributed by atoms with Gasteiger partial charge in [-0.3, -0.25) is 9.48 Å². The molecular weight excluding hydrogens is 294 g/mol. The second-order valence-corrected chi connectivity index (χ2v) is 7.08. The zero-order chi connectivity index (χ0) is 15.5. The number of carbonyl (C=O) groups is 1. The summed E-state index contributed by atoms with van der Waals surface area (Å²) in [4.78, 5) is 13.6. The molecule has 4 nitrogen and oxygen atoms in total. The number of aryl methyl sites for hydroxylation is 1. The van der Waals surface area contributed by atoms with E-state index in [4.69, 9.17) is 0 Å². The van der Waals surface area contributed by atoms with Crippen molar-refractivity contribution in [2.75, 3.05) is 5.32 Å². The third-order valence-electron chi connectivity index (χ3n) is 4.21. The topological polar surface area (TPSA) is 46.9 Å². The fourth-order valence-electron chi connectivity index (χ4n) is 2.77. The first-order chi connectivity index (χ1) is 10.6. The Morgan fingerprint density at radius 2 is 2.05 bits per heavy atom. The molecule has 0 radical (unpaired) electrons. The summed E-state index contributed by atoms with van der Waals surface area (Å²) in [6, 6.07) is 8.06. The summed E-state index contributed by atoms with van der Waals surface area (Å²) in [5.74, 6) is -0.0925. The van der Waals surface area contributed by atoms with Crippen LogP contribution < -0.4 is 5.32 Å². The van der Waals surface area contributed by atoms with Gasteiger partial charge in [-0.25, -0.2) is 0 Å². The minimum absolute atomic E-state index is 0.0925. The van der Waals surface area contributed by atoms with Crippen LogP contribution in [0.15, 0.2) is 35.4 Å². The maximum absolute atomic E-state index is 12.5. The van der Waals surface area contributed by atoms with E-state index in [1.165, 1.54) is 25.7 Å². The molecule has 0 atom stereocenters. The number of benzene rings is 1. The van der Waals surface area contributed by atoms with E-state index in [2.05, 4.69) is 16.5 Å². The molecule has 1 saturated carbocycles. The van der Waals surface area contributed by atoms with E-state index in [1.54, 1.807) is 10.9 Å². The first-order valence-electron chi connectivity index (χ1n) is 7.71. The molecule has 1 heterocycles. The van der Waals surface area contributed by atoms with Crippen LogP contribution in [0.3, 0.4) is 0 Å². The van der Waals surface area contributed by atoms with Gasteiger partial charge in [0, 0.05) is 22.9 Å². The van der Waals surface area contributed by atoms with E-state index in [0.29, 0.717) is 10.8 Å². The van der Waals surface area contributed by atoms with Crippen LogP contribution in [-0.2, 0) is 7.05 Å². The van der Waals surface area contributed by atoms with Crippen LogP contribution in [0.2, 0.25) is 0 Å². The van der Waals surface area contributed by atoms with Gasteiger partial charge in [0.2, 0.25) is 0 Å². The number of anilines is 1. The number of hydrogen-bond donors (Lipinski definition) is 1. The average Bonchev–Trinajstić information content (AvgIpc) is 3.12. The lowest BCUT2D eigenvalue weighted by molar-refractivity contribution is 0.102. The number of para-hydroxylation sites is 1. The van der Waals surface area contributed by atoms with Gasteiger partial charge in [-0.05, 0) is 31.9 Å². The Morgan fingerprint density at radius 1 is 1.32 bits per heavy atom. The minimum Gasteiger partial charge on any atom is -0.321 e. The molecule has 1 aromatic heterocycles. The Bertz CT molecular complexity index is 674. The fourth-order valence-corrected chi connectivity index (χ4v) is 4.10. The van der Waals surface area contributed by atoms with Gasteiger partial charge in [-0.2, -0.15) is 5.10 Å². The Hall–Kier alpha value is -1.75. The minimum atomic E-state index is -0.0925. The van der Waals surface area contributed by atoms with Crippen LogP contribution in [0, 0.1) is 6.92 Å². The highest BCUT2D eigenvalue weighted by atomic mass is 32.2. The molecule has 3 rings (SSSR count). The van der Waals surface area contributed by atoms with Crippen molar-refractivity contribution in [3.63, 3.8) is 0 Å². The third kappa shape index (κ3) is 3.19. The number of thioether (sulfide) groups is 1. The van der Waals surface area contributed by atoms with Crippen LogP contribution in [0.25, 0.3) is 0 Å². The van der Waals surface area contributed by atoms with Gasteiger partial charge in [0.15, 0.2) is 0 Å². The second-order valence-electron chi connectivity index (χ2n) is 5.74. The van der Waals surface area contributed by atoms with Crippen LogP contribution >= 0.6 is 11.8 Å². The number of aromatic nitrogens is 2. The molecule has 0 unspecified atom stereocenters. The highest BCUT2D eigenvalue weighted by molar-refractivity contribution is 8.00. The maximum Gasteiger partial charge on any atom is 0.259 e. The molecule has 2 aromatic rings. The quantitative estimate of drug-likeness (QED) is 0.927. The summed E-state index contributed by atoms with van der Waals surface area (Å²) < 4.78 is 1.72. The zero-order valence-corrected chi connectivity index (χ0v) is 13.8. The summed E-state index contributed by atoms with van der Waals surface area (Å²) in [6.45, 7) is 1.90. The summed E-state index contributed by atoms with van der Waals surface area (Å²) in [7, 11) is 1.84. The smallest absolute Gasteiger partial charge is 0.259 e. The van der Waals surface area contributed by atoms with Crippen LogP contribution in [-0.4, -0.2) is 20.9 Å². The van der Waals surface area contributed by atoms with E-state index in [9.17, 15) is 4.79 Å². The molecule has 0 saturated heterocycles. The summed E-state index contributed by atoms with van der Waals surface area (Å²) >= 11 is 1.89. The van der Waals surface area contributed by atoms with Gasteiger partial charge in [0.25, 0.3) is 5.91 Å². The van der Waals surface area contributed by atoms with Gasteiger partial charge >= 0.3 is 0 Å². The molecule has 1 aliphatic carbocycles. The number of amides is 1. The van der Waals surface area contributed by atoms with E-state index in [-0.39, 0.29) is 5.91 Å². The van der Waals surface area contributed by atoms with Crippen molar-refractivity contribution in [2.24, 2.45) is 7.05 Å². The molecule has 5 heteroatoms. The first kappa shape index (κ1) is 15.2. The van der Waals surface area contributed by atoms with E-state index >= 15 is 0 Å². The number of carbonyl (C=O) groups excluding carboxylic acids is 1. The van der Waals surface area contributed by atoms with E-state index < -0.39 is 0 Å². The van der Waals surface area contributed by atoms with Gasteiger partial charge < -0.3 is 5.32 Å². The first-order valence-corrected chi connectivity index (χ1v) is 8.59. The summed E-state index contributed by atoms with van der Waals surface area (Å²) in [6.07, 6.45) is 6.81. The predicted molar refractivity (Wildman–Crippen MR) is 90.5 cm³/mol. The molecule has 1 amide bonds. The lowest BCUT2D eigenvalue weighted by atomic mass is 10.2. The SMILES string of the molecule is Cc1c(C(=O)Nc2ccccc2SC2CCCC2)cnn1C. The van der Waals surface area contributed by atoms with Gasteiger partial charge in [-0.15, -0.1) is 11.8 Å². The number of hydrogen-bond acceptors (Lipinski definition) is 3. The number of nitrogens with zero attached hydrogens (tertiary/aromatic N) is 2. The van der Waals surface area contributed by atoms with Crippen molar-refractivity contribution in [1.82, 2.24) is 9.78 Å². The summed E-state index contributed by atoms with van der Waals surface area (Å²) in [5, 5.41) is 7.86. The fraction of sp³-hybridized carbons (Fsp3) is 0.412. The Labute approximate surface area is 135 Å². The van der Waals surface area contributed by atoms with E-state index in [1.807, 2.05) is 43.9 Å². The molecular formula is C17H21N3OS. The highest BCUT2D eigenvalue weighted by Crippen LogP contribution is 2.38. The van der Waals surface area contributed by atoms with Gasteiger partial charge in [0.05, 0.1) is 17.4 Å². The number of nitrogens with one attached hydrogen (secondary N) is 1. The number of rotatable bonds is 4. The highest BCUT2D eigenvalue weighted by Gasteiger charge is 2.19.